The number of rotatable bonds is 7. The van der Waals surface area contributed by atoms with Gasteiger partial charge in [0.05, 0.1) is 6.54 Å². The van der Waals surface area contributed by atoms with E-state index in [4.69, 9.17) is 9.84 Å². The van der Waals surface area contributed by atoms with Crippen molar-refractivity contribution < 1.29 is 19.4 Å². The van der Waals surface area contributed by atoms with Gasteiger partial charge in [0.1, 0.15) is 6.61 Å². The lowest BCUT2D eigenvalue weighted by Gasteiger charge is -2.17. The minimum Gasteiger partial charge on any atom is -0.476 e. The fourth-order valence-electron chi connectivity index (χ4n) is 1.34. The van der Waals surface area contributed by atoms with E-state index in [0.717, 1.165) is 8.47 Å². The maximum atomic E-state index is 11.1. The van der Waals surface area contributed by atoms with Crippen LogP contribution in [-0.4, -0.2) is 53.7 Å². The molecule has 0 atom stereocenters. The Labute approximate surface area is 136 Å². The van der Waals surface area contributed by atoms with Gasteiger partial charge in [-0.2, -0.15) is 0 Å². The highest BCUT2D eigenvalue weighted by atomic mass is 127. The molecule has 0 spiro atoms. The monoisotopic (exact) mass is 405 g/mol. The van der Waals surface area contributed by atoms with E-state index < -0.39 is 6.09 Å². The number of carbonyl (C=O) groups excluding carboxylic acids is 1. The number of amides is 2. The van der Waals surface area contributed by atoms with Crippen molar-refractivity contribution in [1.82, 2.24) is 15.2 Å². The Bertz CT molecular complexity index is 505. The lowest BCUT2D eigenvalue weighted by Crippen LogP contribution is -2.33. The zero-order chi connectivity index (χ0) is 15.7. The van der Waals surface area contributed by atoms with Crippen molar-refractivity contribution in [3.8, 4) is 5.88 Å². The molecule has 2 amide bonds. The van der Waals surface area contributed by atoms with Gasteiger partial charge in [0.25, 0.3) is 0 Å². The fourth-order valence-corrected chi connectivity index (χ4v) is 1.66. The molecule has 1 aromatic rings. The zero-order valence-corrected chi connectivity index (χ0v) is 13.6. The van der Waals surface area contributed by atoms with Gasteiger partial charge in [-0.15, -0.1) is 0 Å². The Kier molecular flexibility index (Phi) is 7.51. The average molecular weight is 405 g/mol. The molecule has 8 heteroatoms. The highest BCUT2D eigenvalue weighted by Crippen LogP contribution is 2.09. The van der Waals surface area contributed by atoms with Crippen LogP contribution in [0.1, 0.15) is 0 Å². The number of carbonyl (C=O) groups is 2. The molecule has 1 aromatic heterocycles. The van der Waals surface area contributed by atoms with E-state index in [1.54, 1.807) is 12.3 Å². The maximum absolute atomic E-state index is 11.1. The minimum atomic E-state index is -1.07. The predicted molar refractivity (Wildman–Crippen MR) is 85.3 cm³/mol. The van der Waals surface area contributed by atoms with Gasteiger partial charge in [-0.1, -0.05) is 6.08 Å². The summed E-state index contributed by atoms with van der Waals surface area (Å²) in [4.78, 5) is 27.2. The third kappa shape index (κ3) is 6.93. The molecule has 7 nitrogen and oxygen atoms in total. The van der Waals surface area contributed by atoms with Gasteiger partial charge in [-0.3, -0.25) is 4.79 Å². The van der Waals surface area contributed by atoms with Crippen molar-refractivity contribution in [2.75, 3.05) is 26.7 Å². The van der Waals surface area contributed by atoms with Crippen LogP contribution in [0.2, 0.25) is 0 Å². The molecule has 21 heavy (non-hydrogen) atoms. The maximum Gasteiger partial charge on any atom is 0.407 e. The van der Waals surface area contributed by atoms with Crippen molar-refractivity contribution in [2.24, 2.45) is 0 Å². The Hall–Kier alpha value is -1.84. The molecule has 114 valence electrons. The van der Waals surface area contributed by atoms with Crippen molar-refractivity contribution in [3.63, 3.8) is 0 Å². The second kappa shape index (κ2) is 9.16. The number of halogens is 1. The van der Waals surface area contributed by atoms with E-state index in [9.17, 15) is 9.59 Å². The van der Waals surface area contributed by atoms with E-state index in [0.29, 0.717) is 5.88 Å². The number of nitrogens with zero attached hydrogens (tertiary/aromatic N) is 2. The SMILES string of the molecule is CNC(=O)/C=C/CN(CCOc1ccc(I)cn1)C(=O)O. The first kappa shape index (κ1) is 17.2. The number of hydrogen-bond acceptors (Lipinski definition) is 4. The number of hydrogen-bond donors (Lipinski definition) is 2. The van der Waals surface area contributed by atoms with E-state index in [1.165, 1.54) is 19.2 Å². The fraction of sp³-hybridized carbons (Fsp3) is 0.308. The highest BCUT2D eigenvalue weighted by Gasteiger charge is 2.10. The predicted octanol–water partition coefficient (Wildman–Crippen LogP) is 1.35. The van der Waals surface area contributed by atoms with Gasteiger partial charge in [0.15, 0.2) is 0 Å². The number of aromatic nitrogens is 1. The van der Waals surface area contributed by atoms with Gasteiger partial charge in [-0.25, -0.2) is 9.78 Å². The lowest BCUT2D eigenvalue weighted by molar-refractivity contribution is -0.116. The Morgan fingerprint density at radius 3 is 2.86 bits per heavy atom. The lowest BCUT2D eigenvalue weighted by atomic mass is 10.4. The molecule has 2 N–H and O–H groups in total. The number of ether oxygens (including phenoxy) is 1. The molecule has 0 aliphatic carbocycles. The van der Waals surface area contributed by atoms with Crippen LogP contribution in [0.15, 0.2) is 30.5 Å². The third-order valence-corrected chi connectivity index (χ3v) is 3.06. The quantitative estimate of drug-likeness (QED) is 0.528. The molecular formula is C13H16IN3O4. The Morgan fingerprint density at radius 1 is 1.52 bits per heavy atom. The summed E-state index contributed by atoms with van der Waals surface area (Å²) in [5.74, 6) is 0.168. The molecule has 1 rings (SSSR count). The first-order valence-corrected chi connectivity index (χ1v) is 7.21. The normalized spacial score (nSPS) is 10.4. The van der Waals surface area contributed by atoms with Gasteiger partial charge in [0.2, 0.25) is 11.8 Å². The van der Waals surface area contributed by atoms with E-state index in [-0.39, 0.29) is 25.6 Å². The molecule has 0 saturated carbocycles. The second-order valence-corrected chi connectivity index (χ2v) is 5.15. The molecule has 0 saturated heterocycles. The molecule has 0 aromatic carbocycles. The topological polar surface area (TPSA) is 91.8 Å². The molecule has 0 radical (unpaired) electrons. The van der Waals surface area contributed by atoms with E-state index in [1.807, 2.05) is 6.07 Å². The summed E-state index contributed by atoms with van der Waals surface area (Å²) in [6.07, 6.45) is 3.36. The van der Waals surface area contributed by atoms with E-state index in [2.05, 4.69) is 32.9 Å². The van der Waals surface area contributed by atoms with Crippen molar-refractivity contribution in [2.45, 2.75) is 0 Å². The van der Waals surface area contributed by atoms with Gasteiger partial charge in [0, 0.05) is 35.5 Å². The summed E-state index contributed by atoms with van der Waals surface area (Å²) in [5, 5.41) is 11.5. The van der Waals surface area contributed by atoms with Crippen molar-refractivity contribution >= 4 is 34.6 Å². The summed E-state index contributed by atoms with van der Waals surface area (Å²) in [7, 11) is 1.50. The van der Waals surface area contributed by atoms with E-state index >= 15 is 0 Å². The largest absolute Gasteiger partial charge is 0.476 e. The molecule has 0 aliphatic heterocycles. The Morgan fingerprint density at radius 2 is 2.29 bits per heavy atom. The molecule has 0 aliphatic rings. The van der Waals surface area contributed by atoms with Crippen LogP contribution in [0.4, 0.5) is 4.79 Å². The number of carboxylic acid groups (broad SMARTS) is 1. The third-order valence-electron chi connectivity index (χ3n) is 2.42. The van der Waals surface area contributed by atoms with Crippen LogP contribution in [-0.2, 0) is 4.79 Å². The molecule has 0 fully saturated rings. The zero-order valence-electron chi connectivity index (χ0n) is 11.5. The summed E-state index contributed by atoms with van der Waals surface area (Å²) < 4.78 is 6.36. The van der Waals surface area contributed by atoms with Gasteiger partial charge in [-0.05, 0) is 28.7 Å². The van der Waals surface area contributed by atoms with Gasteiger partial charge >= 0.3 is 6.09 Å². The molecule has 0 bridgehead atoms. The first-order chi connectivity index (χ1) is 10.0. The summed E-state index contributed by atoms with van der Waals surface area (Å²) in [6, 6.07) is 3.57. The second-order valence-electron chi connectivity index (χ2n) is 3.91. The molecular weight excluding hydrogens is 389 g/mol. The van der Waals surface area contributed by atoms with Crippen LogP contribution in [0.25, 0.3) is 0 Å². The van der Waals surface area contributed by atoms with Gasteiger partial charge < -0.3 is 20.1 Å². The average Bonchev–Trinajstić information content (AvgIpc) is 2.47. The minimum absolute atomic E-state index is 0.117. The van der Waals surface area contributed by atoms with Crippen molar-refractivity contribution in [1.29, 1.82) is 0 Å². The smallest absolute Gasteiger partial charge is 0.407 e. The highest BCUT2D eigenvalue weighted by molar-refractivity contribution is 14.1. The number of nitrogens with one attached hydrogen (secondary N) is 1. The number of likely N-dealkylation sites (N-methyl/N-ethyl adjacent to an activating group) is 1. The first-order valence-electron chi connectivity index (χ1n) is 6.13. The number of pyridine rings is 1. The standard InChI is InChI=1S/C13H16IN3O4/c1-15-11(18)3-2-6-17(13(19)20)7-8-21-12-5-4-10(14)9-16-12/h2-5,9H,6-8H2,1H3,(H,15,18)(H,19,20)/b3-2+. The Balaban J connectivity index is 2.40. The molecule has 1 heterocycles. The summed E-state index contributed by atoms with van der Waals surface area (Å²) in [5.41, 5.74) is 0. The van der Waals surface area contributed by atoms with Crippen LogP contribution in [0, 0.1) is 3.57 Å². The summed E-state index contributed by atoms with van der Waals surface area (Å²) >= 11 is 2.13. The van der Waals surface area contributed by atoms with Crippen LogP contribution >= 0.6 is 22.6 Å². The van der Waals surface area contributed by atoms with Crippen LogP contribution < -0.4 is 10.1 Å². The molecule has 0 unspecified atom stereocenters. The van der Waals surface area contributed by atoms with Crippen molar-refractivity contribution in [3.05, 3.63) is 34.1 Å². The van der Waals surface area contributed by atoms with Crippen LogP contribution in [0.5, 0.6) is 5.88 Å². The van der Waals surface area contributed by atoms with Crippen LogP contribution in [0.3, 0.4) is 0 Å². The summed E-state index contributed by atoms with van der Waals surface area (Å²) in [6.45, 7) is 0.487.